The molecule has 148 valence electrons. The van der Waals surface area contributed by atoms with Crippen LogP contribution >= 0.6 is 0 Å². The highest BCUT2D eigenvalue weighted by molar-refractivity contribution is 6.12. The number of nitrogens with one attached hydrogen (secondary N) is 1. The van der Waals surface area contributed by atoms with Crippen molar-refractivity contribution in [1.29, 1.82) is 0 Å². The lowest BCUT2D eigenvalue weighted by molar-refractivity contribution is -0.116. The Bertz CT molecular complexity index is 1280. The van der Waals surface area contributed by atoms with Crippen LogP contribution in [0.25, 0.3) is 10.9 Å². The first-order valence-electron chi connectivity index (χ1n) is 9.18. The maximum absolute atomic E-state index is 13.4. The molecule has 0 atom stereocenters. The second kappa shape index (κ2) is 6.70. The monoisotopic (exact) mass is 402 g/mol. The van der Waals surface area contributed by atoms with Crippen LogP contribution in [0.5, 0.6) is 0 Å². The molecule has 30 heavy (non-hydrogen) atoms. The Morgan fingerprint density at radius 2 is 1.70 bits per heavy atom. The van der Waals surface area contributed by atoms with E-state index >= 15 is 0 Å². The van der Waals surface area contributed by atoms with E-state index in [1.54, 1.807) is 35.4 Å². The van der Waals surface area contributed by atoms with Gasteiger partial charge in [-0.3, -0.25) is 14.8 Å². The zero-order valence-electron chi connectivity index (χ0n) is 15.5. The van der Waals surface area contributed by atoms with E-state index in [2.05, 4.69) is 10.2 Å². The van der Waals surface area contributed by atoms with Crippen molar-refractivity contribution in [3.63, 3.8) is 0 Å². The Labute approximate surface area is 170 Å². The van der Waals surface area contributed by atoms with Gasteiger partial charge in [0.25, 0.3) is 5.91 Å². The minimum absolute atomic E-state index is 0.0381. The fourth-order valence-electron chi connectivity index (χ4n) is 3.68. The Hall–Kier alpha value is -4.20. The number of amides is 1. The van der Waals surface area contributed by atoms with Gasteiger partial charge in [-0.25, -0.2) is 9.18 Å². The summed E-state index contributed by atoms with van der Waals surface area (Å²) in [6.07, 6.45) is 1.67. The zero-order valence-corrected chi connectivity index (χ0v) is 15.5. The second-order valence-corrected chi connectivity index (χ2v) is 6.94. The van der Waals surface area contributed by atoms with Crippen molar-refractivity contribution < 1.29 is 19.1 Å². The molecule has 3 aromatic carbocycles. The van der Waals surface area contributed by atoms with E-state index in [4.69, 9.17) is 5.11 Å². The lowest BCUT2D eigenvalue weighted by Crippen LogP contribution is -2.41. The van der Waals surface area contributed by atoms with Gasteiger partial charge in [-0.15, -0.1) is 0 Å². The molecule has 1 aliphatic heterocycles. The summed E-state index contributed by atoms with van der Waals surface area (Å²) < 4.78 is 13.4. The average Bonchev–Trinajstić information content (AvgIpc) is 3.20. The Morgan fingerprint density at radius 3 is 2.40 bits per heavy atom. The van der Waals surface area contributed by atoms with Crippen LogP contribution < -0.4 is 9.80 Å². The molecule has 0 unspecified atom stereocenters. The van der Waals surface area contributed by atoms with Crippen molar-refractivity contribution in [2.75, 3.05) is 16.3 Å². The van der Waals surface area contributed by atoms with Crippen LogP contribution in [0.1, 0.15) is 10.4 Å². The van der Waals surface area contributed by atoms with E-state index in [9.17, 15) is 14.0 Å². The molecule has 8 heteroatoms. The number of aromatic carboxylic acids is 1. The van der Waals surface area contributed by atoms with Gasteiger partial charge in [-0.2, -0.15) is 5.10 Å². The maximum Gasteiger partial charge on any atom is 0.335 e. The number of carboxylic acids is 1. The Kier molecular flexibility index (Phi) is 3.99. The van der Waals surface area contributed by atoms with E-state index in [0.29, 0.717) is 17.1 Å². The molecule has 1 aromatic heterocycles. The van der Waals surface area contributed by atoms with Crippen LogP contribution in [0.15, 0.2) is 66.9 Å². The fraction of sp³-hybridized carbons (Fsp3) is 0.0455. The number of nitrogens with zero attached hydrogens (tertiary/aromatic N) is 3. The lowest BCUT2D eigenvalue weighted by Gasteiger charge is -2.37. The first kappa shape index (κ1) is 17.9. The number of carboxylic acid groups (broad SMARTS) is 1. The van der Waals surface area contributed by atoms with Crippen molar-refractivity contribution in [2.24, 2.45) is 0 Å². The van der Waals surface area contributed by atoms with E-state index in [1.807, 2.05) is 17.0 Å². The van der Waals surface area contributed by atoms with Crippen molar-refractivity contribution in [3.05, 3.63) is 78.2 Å². The Morgan fingerprint density at radius 1 is 1.00 bits per heavy atom. The number of aromatic nitrogens is 2. The van der Waals surface area contributed by atoms with Crippen LogP contribution in [-0.4, -0.2) is 33.7 Å². The van der Waals surface area contributed by atoms with E-state index in [0.717, 1.165) is 16.6 Å². The van der Waals surface area contributed by atoms with Gasteiger partial charge in [0.1, 0.15) is 12.4 Å². The van der Waals surface area contributed by atoms with E-state index < -0.39 is 5.97 Å². The number of fused-ring (bicyclic) bond motifs is 2. The summed E-state index contributed by atoms with van der Waals surface area (Å²) in [5, 5.41) is 17.0. The number of carbonyl (C=O) groups is 2. The van der Waals surface area contributed by atoms with E-state index in [-0.39, 0.29) is 23.8 Å². The van der Waals surface area contributed by atoms with Gasteiger partial charge in [0, 0.05) is 16.8 Å². The second-order valence-electron chi connectivity index (χ2n) is 6.94. The number of rotatable bonds is 3. The number of benzene rings is 3. The molecule has 0 aliphatic carbocycles. The van der Waals surface area contributed by atoms with Crippen LogP contribution in [0, 0.1) is 5.82 Å². The summed E-state index contributed by atoms with van der Waals surface area (Å²) in [7, 11) is 0. The van der Waals surface area contributed by atoms with Crippen LogP contribution in [0.3, 0.4) is 0 Å². The summed E-state index contributed by atoms with van der Waals surface area (Å²) in [5.41, 5.74) is 3.60. The SMILES string of the molecule is O=C(O)c1ccc(N2CC(=O)N(c3ccc(F)cc3)c3cc4cn[nH]c4cc32)cc1. The lowest BCUT2D eigenvalue weighted by atomic mass is 10.1. The number of aromatic amines is 1. The molecule has 0 saturated carbocycles. The molecule has 4 aromatic rings. The first-order chi connectivity index (χ1) is 14.5. The first-order valence-corrected chi connectivity index (χ1v) is 9.18. The third-order valence-electron chi connectivity index (χ3n) is 5.12. The predicted molar refractivity (Wildman–Crippen MR) is 110 cm³/mol. The summed E-state index contributed by atoms with van der Waals surface area (Å²) in [6, 6.07) is 15.9. The van der Waals surface area contributed by atoms with Gasteiger partial charge in [-0.05, 0) is 60.7 Å². The highest BCUT2D eigenvalue weighted by Gasteiger charge is 2.32. The number of halogens is 1. The minimum atomic E-state index is -1.02. The van der Waals surface area contributed by atoms with Crippen molar-refractivity contribution in [3.8, 4) is 0 Å². The standard InChI is InChI=1S/C22H15FN4O3/c23-15-3-7-17(8-4-15)27-20-9-14-11-24-25-18(14)10-19(20)26(12-21(27)28)16-5-1-13(2-6-16)22(29)30/h1-11H,12H2,(H,24,25)(H,29,30). The molecule has 0 saturated heterocycles. The molecule has 1 aliphatic rings. The molecule has 7 nitrogen and oxygen atoms in total. The number of carbonyl (C=O) groups excluding carboxylic acids is 1. The molecule has 0 bridgehead atoms. The largest absolute Gasteiger partial charge is 0.478 e. The van der Waals surface area contributed by atoms with Gasteiger partial charge in [0.2, 0.25) is 0 Å². The molecule has 0 radical (unpaired) electrons. The van der Waals surface area contributed by atoms with Crippen LogP contribution in [0.2, 0.25) is 0 Å². The molecule has 2 N–H and O–H groups in total. The number of hydrogen-bond acceptors (Lipinski definition) is 4. The number of H-pyrrole nitrogens is 1. The summed E-state index contributed by atoms with van der Waals surface area (Å²) in [5.74, 6) is -1.59. The topological polar surface area (TPSA) is 89.5 Å². The molecular formula is C22H15FN4O3. The van der Waals surface area contributed by atoms with Crippen molar-refractivity contribution in [1.82, 2.24) is 10.2 Å². The van der Waals surface area contributed by atoms with Gasteiger partial charge in [0.05, 0.1) is 28.7 Å². The molecule has 2 heterocycles. The zero-order chi connectivity index (χ0) is 20.8. The highest BCUT2D eigenvalue weighted by atomic mass is 19.1. The molecule has 1 amide bonds. The van der Waals surface area contributed by atoms with Crippen LogP contribution in [-0.2, 0) is 4.79 Å². The number of hydrogen-bond donors (Lipinski definition) is 2. The normalized spacial score (nSPS) is 13.6. The van der Waals surface area contributed by atoms with Crippen LogP contribution in [0.4, 0.5) is 27.1 Å². The smallest absolute Gasteiger partial charge is 0.335 e. The van der Waals surface area contributed by atoms with E-state index in [1.165, 1.54) is 24.3 Å². The molecular weight excluding hydrogens is 387 g/mol. The maximum atomic E-state index is 13.4. The summed E-state index contributed by atoms with van der Waals surface area (Å²) in [4.78, 5) is 27.7. The van der Waals surface area contributed by atoms with Crippen molar-refractivity contribution >= 4 is 45.5 Å². The third kappa shape index (κ3) is 2.86. The van der Waals surface area contributed by atoms with Gasteiger partial charge in [0.15, 0.2) is 0 Å². The predicted octanol–water partition coefficient (Wildman–Crippen LogP) is 4.22. The Balaban J connectivity index is 1.67. The third-order valence-corrected chi connectivity index (χ3v) is 5.12. The average molecular weight is 402 g/mol. The van der Waals surface area contributed by atoms with Gasteiger partial charge < -0.3 is 10.0 Å². The number of anilines is 4. The van der Waals surface area contributed by atoms with Gasteiger partial charge in [-0.1, -0.05) is 0 Å². The quantitative estimate of drug-likeness (QED) is 0.536. The minimum Gasteiger partial charge on any atom is -0.478 e. The van der Waals surface area contributed by atoms with Crippen molar-refractivity contribution in [2.45, 2.75) is 0 Å². The summed E-state index contributed by atoms with van der Waals surface area (Å²) >= 11 is 0. The highest BCUT2D eigenvalue weighted by Crippen LogP contribution is 2.43. The molecule has 5 rings (SSSR count). The molecule has 0 fully saturated rings. The fourth-order valence-corrected chi connectivity index (χ4v) is 3.68. The summed E-state index contributed by atoms with van der Waals surface area (Å²) in [6.45, 7) is 0.0381. The molecule has 0 spiro atoms. The van der Waals surface area contributed by atoms with Gasteiger partial charge >= 0.3 is 5.97 Å².